The van der Waals surface area contributed by atoms with E-state index in [2.05, 4.69) is 189 Å². The average molecular weight is 620 g/mol. The number of hydrogen-bond donors (Lipinski definition) is 0. The topological polar surface area (TPSA) is 3.24 Å². The average Bonchev–Trinajstić information content (AvgIpc) is 3.16. The van der Waals surface area contributed by atoms with E-state index in [4.69, 9.17) is 0 Å². The van der Waals surface area contributed by atoms with Crippen LogP contribution < -0.4 is 4.90 Å². The van der Waals surface area contributed by atoms with Gasteiger partial charge in [-0.2, -0.15) is 0 Å². The Bertz CT molecular complexity index is 2240. The summed E-state index contributed by atoms with van der Waals surface area (Å²) in [4.78, 5) is 2.53. The van der Waals surface area contributed by atoms with Crippen molar-refractivity contribution in [3.05, 3.63) is 187 Å². The van der Waals surface area contributed by atoms with E-state index in [9.17, 15) is 0 Å². The predicted molar refractivity (Wildman–Crippen MR) is 207 cm³/mol. The van der Waals surface area contributed by atoms with E-state index in [-0.39, 0.29) is 11.5 Å². The number of anilines is 2. The van der Waals surface area contributed by atoms with Crippen molar-refractivity contribution in [2.24, 2.45) is 0 Å². The minimum atomic E-state index is -0.219. The lowest BCUT2D eigenvalue weighted by Crippen LogP contribution is -2.30. The fourth-order valence-electron chi connectivity index (χ4n) is 7.64. The highest BCUT2D eigenvalue weighted by Gasteiger charge is 2.28. The summed E-state index contributed by atoms with van der Waals surface area (Å²) in [5.41, 5.74) is 9.93. The van der Waals surface area contributed by atoms with Crippen LogP contribution in [0.1, 0.15) is 49.8 Å². The van der Waals surface area contributed by atoms with Gasteiger partial charge >= 0.3 is 0 Å². The molecule has 0 N–H and O–H groups in total. The van der Waals surface area contributed by atoms with E-state index in [1.54, 1.807) is 0 Å². The monoisotopic (exact) mass is 619 g/mol. The zero-order chi connectivity index (χ0) is 32.5. The normalized spacial score (nSPS) is 16.0. The summed E-state index contributed by atoms with van der Waals surface area (Å²) in [6, 6.07) is 47.6. The first kappa shape index (κ1) is 30.0. The summed E-state index contributed by atoms with van der Waals surface area (Å²) >= 11 is 0. The van der Waals surface area contributed by atoms with Crippen molar-refractivity contribution in [2.45, 2.75) is 44.6 Å². The Hall–Kier alpha value is -5.40. The Kier molecular flexibility index (Phi) is 7.90. The summed E-state index contributed by atoms with van der Waals surface area (Å²) in [5.74, 6) is 0. The number of fused-ring (bicyclic) bond motifs is 3. The van der Waals surface area contributed by atoms with Gasteiger partial charge in [-0.3, -0.25) is 0 Å². The lowest BCUT2D eigenvalue weighted by Gasteiger charge is -2.34. The zero-order valence-electron chi connectivity index (χ0n) is 27.8. The summed E-state index contributed by atoms with van der Waals surface area (Å²) in [7, 11) is 0. The van der Waals surface area contributed by atoms with Crippen LogP contribution in [0.15, 0.2) is 170 Å². The van der Waals surface area contributed by atoms with E-state index in [0.29, 0.717) is 0 Å². The zero-order valence-corrected chi connectivity index (χ0v) is 27.8. The Morgan fingerprint density at radius 3 is 2.19 bits per heavy atom. The number of allylic oxidation sites excluding steroid dienone is 6. The molecule has 0 spiro atoms. The maximum absolute atomic E-state index is 2.53. The Labute approximate surface area is 284 Å². The van der Waals surface area contributed by atoms with Crippen LogP contribution in [0.3, 0.4) is 0 Å². The van der Waals surface area contributed by atoms with Crippen LogP contribution in [0.5, 0.6) is 0 Å². The van der Waals surface area contributed by atoms with Crippen LogP contribution >= 0.6 is 0 Å². The molecule has 0 bridgehead atoms. The van der Waals surface area contributed by atoms with Gasteiger partial charge in [-0.1, -0.05) is 160 Å². The van der Waals surface area contributed by atoms with Gasteiger partial charge in [0.25, 0.3) is 0 Å². The largest absolute Gasteiger partial charge is 0.334 e. The lowest BCUT2D eigenvalue weighted by atomic mass is 9.74. The molecule has 48 heavy (non-hydrogen) atoms. The lowest BCUT2D eigenvalue weighted by molar-refractivity contribution is 0.648. The molecule has 1 unspecified atom stereocenters. The first-order chi connectivity index (χ1) is 23.6. The SMILES string of the molecule is CC(C)(c1cccc(-c2ccccc2N(c2ccc(C3=CCCC=C3)cc2)C2C=CC=CC2)c1)c1cc2ccccc2c2ccccc12. The quantitative estimate of drug-likeness (QED) is 0.161. The second-order valence-corrected chi connectivity index (χ2v) is 13.6. The van der Waals surface area contributed by atoms with Gasteiger partial charge in [-0.15, -0.1) is 0 Å². The third-order valence-electron chi connectivity index (χ3n) is 10.3. The summed E-state index contributed by atoms with van der Waals surface area (Å²) < 4.78 is 0. The van der Waals surface area contributed by atoms with Gasteiger partial charge in [0, 0.05) is 22.4 Å². The van der Waals surface area contributed by atoms with Crippen molar-refractivity contribution in [3.8, 4) is 11.1 Å². The Morgan fingerprint density at radius 1 is 0.625 bits per heavy atom. The molecule has 6 aromatic carbocycles. The van der Waals surface area contributed by atoms with Crippen molar-refractivity contribution in [1.82, 2.24) is 0 Å². The highest BCUT2D eigenvalue weighted by Crippen LogP contribution is 2.43. The Balaban J connectivity index is 1.22. The smallest absolute Gasteiger partial charge is 0.0560 e. The standard InChI is InChI=1S/C47H41N/c1-47(2,45-33-37-18-9-10-23-41(37)43-25-11-12-26-44(43)45)38-20-15-19-36(32-38)42-24-13-14-27-46(42)48(39-21-7-4-8-22-39)40-30-28-35(29-31-40)34-16-5-3-6-17-34/h4-5,7-21,23-33,39H,3,6,22H2,1-2H3. The fraction of sp³-hybridized carbons (Fsp3) is 0.149. The number of rotatable bonds is 7. The van der Waals surface area contributed by atoms with E-state index in [1.807, 2.05) is 0 Å². The van der Waals surface area contributed by atoms with Gasteiger partial charge in [0.1, 0.15) is 0 Å². The molecule has 0 aromatic heterocycles. The molecule has 1 atom stereocenters. The molecule has 2 aliphatic rings. The number of nitrogens with zero attached hydrogens (tertiary/aromatic N) is 1. The number of hydrogen-bond acceptors (Lipinski definition) is 1. The molecular formula is C47H41N. The molecule has 0 fully saturated rings. The second kappa shape index (κ2) is 12.7. The molecule has 1 nitrogen and oxygen atoms in total. The van der Waals surface area contributed by atoms with Crippen molar-refractivity contribution in [3.63, 3.8) is 0 Å². The molecule has 1 heteroatoms. The van der Waals surface area contributed by atoms with Gasteiger partial charge in [0.15, 0.2) is 0 Å². The molecule has 0 saturated heterocycles. The summed E-state index contributed by atoms with van der Waals surface area (Å²) in [5, 5.41) is 5.22. The fourth-order valence-corrected chi connectivity index (χ4v) is 7.64. The van der Waals surface area contributed by atoms with Gasteiger partial charge in [-0.25, -0.2) is 0 Å². The molecule has 0 heterocycles. The van der Waals surface area contributed by atoms with Gasteiger partial charge in [0.2, 0.25) is 0 Å². The van der Waals surface area contributed by atoms with E-state index in [1.165, 1.54) is 66.3 Å². The summed E-state index contributed by atoms with van der Waals surface area (Å²) in [6.45, 7) is 4.75. The van der Waals surface area contributed by atoms with Crippen LogP contribution in [0.25, 0.3) is 38.2 Å². The van der Waals surface area contributed by atoms with Gasteiger partial charge < -0.3 is 4.90 Å². The minimum absolute atomic E-state index is 0.219. The predicted octanol–water partition coefficient (Wildman–Crippen LogP) is 12.7. The maximum atomic E-state index is 2.53. The third kappa shape index (κ3) is 5.50. The maximum Gasteiger partial charge on any atom is 0.0560 e. The van der Waals surface area contributed by atoms with Crippen LogP contribution in [0.4, 0.5) is 11.4 Å². The van der Waals surface area contributed by atoms with Crippen molar-refractivity contribution in [2.75, 3.05) is 4.90 Å². The molecule has 0 amide bonds. The van der Waals surface area contributed by atoms with Crippen LogP contribution in [-0.4, -0.2) is 6.04 Å². The van der Waals surface area contributed by atoms with Gasteiger partial charge in [0.05, 0.1) is 6.04 Å². The van der Waals surface area contributed by atoms with Crippen LogP contribution in [0, 0.1) is 0 Å². The minimum Gasteiger partial charge on any atom is -0.334 e. The number of benzene rings is 6. The van der Waals surface area contributed by atoms with E-state index < -0.39 is 0 Å². The highest BCUT2D eigenvalue weighted by atomic mass is 15.2. The molecule has 234 valence electrons. The van der Waals surface area contributed by atoms with Crippen molar-refractivity contribution >= 4 is 38.5 Å². The van der Waals surface area contributed by atoms with Gasteiger partial charge in [-0.05, 0) is 92.9 Å². The highest BCUT2D eigenvalue weighted by molar-refractivity contribution is 6.09. The van der Waals surface area contributed by atoms with Crippen molar-refractivity contribution < 1.29 is 0 Å². The first-order valence-corrected chi connectivity index (χ1v) is 17.3. The summed E-state index contributed by atoms with van der Waals surface area (Å²) in [6.07, 6.45) is 19.1. The molecule has 0 aliphatic heterocycles. The van der Waals surface area contributed by atoms with Crippen LogP contribution in [-0.2, 0) is 5.41 Å². The molecule has 0 saturated carbocycles. The molecule has 2 aliphatic carbocycles. The molecule has 0 radical (unpaired) electrons. The first-order valence-electron chi connectivity index (χ1n) is 17.3. The Morgan fingerprint density at radius 2 is 1.40 bits per heavy atom. The van der Waals surface area contributed by atoms with Crippen LogP contribution in [0.2, 0.25) is 0 Å². The molecule has 8 rings (SSSR count). The van der Waals surface area contributed by atoms with Crippen molar-refractivity contribution in [1.29, 1.82) is 0 Å². The third-order valence-corrected chi connectivity index (χ3v) is 10.3. The van der Waals surface area contributed by atoms with E-state index >= 15 is 0 Å². The van der Waals surface area contributed by atoms with E-state index in [0.717, 1.165) is 19.3 Å². The molecular weight excluding hydrogens is 579 g/mol. The second-order valence-electron chi connectivity index (χ2n) is 13.6. The molecule has 6 aromatic rings. The number of para-hydroxylation sites is 1.